The van der Waals surface area contributed by atoms with Crippen molar-refractivity contribution < 1.29 is 9.53 Å². The Morgan fingerprint density at radius 1 is 1.39 bits per heavy atom. The summed E-state index contributed by atoms with van der Waals surface area (Å²) in [5, 5.41) is 6.36. The van der Waals surface area contributed by atoms with Crippen LogP contribution >= 0.6 is 0 Å². The van der Waals surface area contributed by atoms with E-state index in [1.807, 2.05) is 24.3 Å². The maximum absolute atomic E-state index is 12.2. The molecule has 1 amide bonds. The summed E-state index contributed by atoms with van der Waals surface area (Å²) >= 11 is 0. The van der Waals surface area contributed by atoms with Gasteiger partial charge in [-0.1, -0.05) is 25.1 Å². The van der Waals surface area contributed by atoms with E-state index in [4.69, 9.17) is 4.74 Å². The number of carbonyl (C=O) groups is 1. The molecule has 3 rings (SSSR count). The molecule has 2 aliphatic heterocycles. The molecular formula is C14H18N2O2. The second kappa shape index (κ2) is 4.61. The average Bonchev–Trinajstić information content (AvgIpc) is 2.97. The molecule has 0 radical (unpaired) electrons. The number of ether oxygens (including phenoxy) is 1. The van der Waals surface area contributed by atoms with Crippen molar-refractivity contribution >= 4 is 5.91 Å². The second-order valence-electron chi connectivity index (χ2n) is 5.15. The molecular weight excluding hydrogens is 228 g/mol. The second-order valence-corrected chi connectivity index (χ2v) is 5.15. The Kier molecular flexibility index (Phi) is 2.96. The van der Waals surface area contributed by atoms with Crippen LogP contribution in [0.2, 0.25) is 0 Å². The van der Waals surface area contributed by atoms with Gasteiger partial charge < -0.3 is 15.4 Å². The lowest BCUT2D eigenvalue weighted by Gasteiger charge is -2.17. The van der Waals surface area contributed by atoms with Crippen molar-refractivity contribution in [2.45, 2.75) is 13.0 Å². The van der Waals surface area contributed by atoms with Crippen molar-refractivity contribution in [2.24, 2.45) is 11.8 Å². The van der Waals surface area contributed by atoms with E-state index in [1.165, 1.54) is 0 Å². The maximum Gasteiger partial charge on any atom is 0.225 e. The summed E-state index contributed by atoms with van der Waals surface area (Å²) in [6, 6.07) is 7.89. The summed E-state index contributed by atoms with van der Waals surface area (Å²) in [6.07, 6.45) is 0. The normalized spacial score (nSPS) is 29.7. The summed E-state index contributed by atoms with van der Waals surface area (Å²) in [5.74, 6) is 1.51. The lowest BCUT2D eigenvalue weighted by molar-refractivity contribution is -0.126. The van der Waals surface area contributed by atoms with Gasteiger partial charge in [0.15, 0.2) is 0 Å². The van der Waals surface area contributed by atoms with Crippen molar-refractivity contribution in [1.82, 2.24) is 10.6 Å². The third-order valence-electron chi connectivity index (χ3n) is 3.87. The molecule has 3 unspecified atom stereocenters. The molecule has 0 saturated carbocycles. The highest BCUT2D eigenvalue weighted by atomic mass is 16.5. The Hall–Kier alpha value is -1.55. The summed E-state index contributed by atoms with van der Waals surface area (Å²) in [6.45, 7) is 4.36. The fourth-order valence-corrected chi connectivity index (χ4v) is 2.72. The van der Waals surface area contributed by atoms with Crippen molar-refractivity contribution in [2.75, 3.05) is 19.7 Å². The van der Waals surface area contributed by atoms with Gasteiger partial charge in [0.2, 0.25) is 5.91 Å². The quantitative estimate of drug-likeness (QED) is 0.821. The molecule has 0 bridgehead atoms. The Bertz CT molecular complexity index is 461. The van der Waals surface area contributed by atoms with E-state index < -0.39 is 0 Å². The number of carbonyl (C=O) groups excluding carboxylic acids is 1. The first-order valence-electron chi connectivity index (χ1n) is 6.48. The summed E-state index contributed by atoms with van der Waals surface area (Å²) in [4.78, 5) is 12.2. The minimum Gasteiger partial charge on any atom is -0.491 e. The highest BCUT2D eigenvalue weighted by molar-refractivity contribution is 5.80. The average molecular weight is 246 g/mol. The highest BCUT2D eigenvalue weighted by Crippen LogP contribution is 2.32. The number of para-hydroxylation sites is 1. The Morgan fingerprint density at radius 2 is 2.22 bits per heavy atom. The van der Waals surface area contributed by atoms with Gasteiger partial charge in [0.25, 0.3) is 0 Å². The largest absolute Gasteiger partial charge is 0.491 e. The van der Waals surface area contributed by atoms with Crippen LogP contribution in [-0.2, 0) is 4.79 Å². The van der Waals surface area contributed by atoms with Gasteiger partial charge in [-0.15, -0.1) is 0 Å². The van der Waals surface area contributed by atoms with Gasteiger partial charge in [0.05, 0.1) is 12.0 Å². The molecule has 2 heterocycles. The molecule has 3 atom stereocenters. The molecule has 2 N–H and O–H groups in total. The van der Waals surface area contributed by atoms with Gasteiger partial charge in [0.1, 0.15) is 12.4 Å². The van der Waals surface area contributed by atoms with Crippen molar-refractivity contribution in [3.05, 3.63) is 29.8 Å². The maximum atomic E-state index is 12.2. The van der Waals surface area contributed by atoms with E-state index >= 15 is 0 Å². The molecule has 18 heavy (non-hydrogen) atoms. The van der Waals surface area contributed by atoms with E-state index in [1.54, 1.807) is 0 Å². The molecule has 1 fully saturated rings. The van der Waals surface area contributed by atoms with Crippen LogP contribution in [-0.4, -0.2) is 25.6 Å². The number of benzene rings is 1. The highest BCUT2D eigenvalue weighted by Gasteiger charge is 2.33. The number of rotatable bonds is 2. The third kappa shape index (κ3) is 1.97. The first-order chi connectivity index (χ1) is 8.75. The number of amides is 1. The van der Waals surface area contributed by atoms with Crippen LogP contribution < -0.4 is 15.4 Å². The van der Waals surface area contributed by atoms with Gasteiger partial charge >= 0.3 is 0 Å². The molecule has 1 aromatic rings. The number of hydrogen-bond donors (Lipinski definition) is 2. The molecule has 0 aromatic heterocycles. The van der Waals surface area contributed by atoms with Gasteiger partial charge in [-0.05, 0) is 18.5 Å². The van der Waals surface area contributed by atoms with Gasteiger partial charge in [-0.25, -0.2) is 0 Å². The molecule has 1 aromatic carbocycles. The zero-order valence-corrected chi connectivity index (χ0v) is 10.5. The number of nitrogens with one attached hydrogen (secondary N) is 2. The smallest absolute Gasteiger partial charge is 0.225 e. The Labute approximate surface area is 107 Å². The van der Waals surface area contributed by atoms with Crippen LogP contribution in [0.1, 0.15) is 18.5 Å². The van der Waals surface area contributed by atoms with Crippen LogP contribution in [0, 0.1) is 11.8 Å². The van der Waals surface area contributed by atoms with Crippen LogP contribution in [0.3, 0.4) is 0 Å². The van der Waals surface area contributed by atoms with Crippen LogP contribution in [0.5, 0.6) is 5.75 Å². The number of hydrogen-bond acceptors (Lipinski definition) is 3. The standard InChI is InChI=1S/C14H18N2O2/c1-9-6-15-7-11(9)14(17)16-12-8-18-13-5-3-2-4-10(12)13/h2-5,9,11-12,15H,6-8H2,1H3,(H,16,17). The lowest BCUT2D eigenvalue weighted by atomic mass is 9.96. The van der Waals surface area contributed by atoms with Crippen molar-refractivity contribution in [3.63, 3.8) is 0 Å². The first-order valence-corrected chi connectivity index (χ1v) is 6.48. The summed E-state index contributed by atoms with van der Waals surface area (Å²) in [7, 11) is 0. The zero-order chi connectivity index (χ0) is 12.5. The van der Waals surface area contributed by atoms with Crippen LogP contribution in [0.25, 0.3) is 0 Å². The van der Waals surface area contributed by atoms with E-state index in [0.29, 0.717) is 12.5 Å². The fourth-order valence-electron chi connectivity index (χ4n) is 2.72. The minimum absolute atomic E-state index is 0.00139. The molecule has 4 nitrogen and oxygen atoms in total. The molecule has 96 valence electrons. The molecule has 1 saturated heterocycles. The van der Waals surface area contributed by atoms with Crippen LogP contribution in [0.4, 0.5) is 0 Å². The monoisotopic (exact) mass is 246 g/mol. The van der Waals surface area contributed by atoms with Crippen LogP contribution in [0.15, 0.2) is 24.3 Å². The molecule has 2 aliphatic rings. The lowest BCUT2D eigenvalue weighted by Crippen LogP contribution is -2.37. The molecule has 4 heteroatoms. The predicted molar refractivity (Wildman–Crippen MR) is 68.3 cm³/mol. The van der Waals surface area contributed by atoms with E-state index in [0.717, 1.165) is 24.4 Å². The SMILES string of the molecule is CC1CNCC1C(=O)NC1COc2ccccc21. The predicted octanol–water partition coefficient (Wildman–Crippen LogP) is 1.09. The Balaban J connectivity index is 1.69. The number of fused-ring (bicyclic) bond motifs is 1. The van der Waals surface area contributed by atoms with E-state index in [-0.39, 0.29) is 17.9 Å². The first kappa shape index (κ1) is 11.5. The van der Waals surface area contributed by atoms with Gasteiger partial charge in [-0.2, -0.15) is 0 Å². The topological polar surface area (TPSA) is 50.4 Å². The minimum atomic E-state index is 0.00139. The molecule has 0 spiro atoms. The van der Waals surface area contributed by atoms with E-state index in [9.17, 15) is 4.79 Å². The fraction of sp³-hybridized carbons (Fsp3) is 0.500. The zero-order valence-electron chi connectivity index (χ0n) is 10.5. The summed E-state index contributed by atoms with van der Waals surface area (Å²) in [5.41, 5.74) is 1.09. The molecule has 0 aliphatic carbocycles. The van der Waals surface area contributed by atoms with Gasteiger partial charge in [-0.3, -0.25) is 4.79 Å². The van der Waals surface area contributed by atoms with Gasteiger partial charge in [0, 0.05) is 12.1 Å². The Morgan fingerprint density at radius 3 is 3.00 bits per heavy atom. The van der Waals surface area contributed by atoms with Crippen molar-refractivity contribution in [3.8, 4) is 5.75 Å². The third-order valence-corrected chi connectivity index (χ3v) is 3.87. The van der Waals surface area contributed by atoms with Crippen molar-refractivity contribution in [1.29, 1.82) is 0 Å². The van der Waals surface area contributed by atoms with E-state index in [2.05, 4.69) is 17.6 Å². The summed E-state index contributed by atoms with van der Waals surface area (Å²) < 4.78 is 5.57.